The first-order valence-electron chi connectivity index (χ1n) is 6.00. The molecule has 1 amide bonds. The molecule has 3 nitrogen and oxygen atoms in total. The number of halogens is 3. The van der Waals surface area contributed by atoms with Gasteiger partial charge >= 0.3 is 0 Å². The van der Waals surface area contributed by atoms with Gasteiger partial charge in [0.1, 0.15) is 17.2 Å². The van der Waals surface area contributed by atoms with Gasteiger partial charge in [-0.3, -0.25) is 4.79 Å². The van der Waals surface area contributed by atoms with Crippen molar-refractivity contribution in [2.24, 2.45) is 0 Å². The van der Waals surface area contributed by atoms with E-state index < -0.39 is 23.1 Å². The molecule has 19 heavy (non-hydrogen) atoms. The van der Waals surface area contributed by atoms with E-state index in [1.807, 2.05) is 0 Å². The van der Waals surface area contributed by atoms with E-state index in [-0.39, 0.29) is 10.6 Å². The van der Waals surface area contributed by atoms with Crippen molar-refractivity contribution < 1.29 is 18.3 Å². The second-order valence-corrected chi connectivity index (χ2v) is 5.48. The molecule has 1 saturated heterocycles. The molecule has 0 aromatic heterocycles. The van der Waals surface area contributed by atoms with Crippen molar-refractivity contribution in [3.05, 3.63) is 33.8 Å². The summed E-state index contributed by atoms with van der Waals surface area (Å²) in [5.74, 6) is -2.40. The third kappa shape index (κ3) is 3.30. The van der Waals surface area contributed by atoms with Gasteiger partial charge in [0.25, 0.3) is 5.91 Å². The van der Waals surface area contributed by atoms with Gasteiger partial charge < -0.3 is 9.64 Å². The third-order valence-electron chi connectivity index (χ3n) is 3.07. The number of hydrogen-bond acceptors (Lipinski definition) is 2. The Labute approximate surface area is 118 Å². The van der Waals surface area contributed by atoms with Crippen LogP contribution in [0.5, 0.6) is 0 Å². The Kier molecular flexibility index (Phi) is 4.52. The Balaban J connectivity index is 2.14. The van der Waals surface area contributed by atoms with Gasteiger partial charge in [-0.25, -0.2) is 8.78 Å². The molecule has 1 aliphatic heterocycles. The Morgan fingerprint density at radius 3 is 2.63 bits per heavy atom. The number of benzene rings is 1. The lowest BCUT2D eigenvalue weighted by Gasteiger charge is -2.21. The van der Waals surface area contributed by atoms with Crippen LogP contribution in [-0.4, -0.2) is 37.1 Å². The molecule has 1 aromatic rings. The normalized spacial score (nSPS) is 18.6. The number of carbonyl (C=O) groups excluding carboxylic acids is 1. The van der Waals surface area contributed by atoms with Crippen LogP contribution in [0.3, 0.4) is 0 Å². The van der Waals surface area contributed by atoms with Crippen molar-refractivity contribution in [1.29, 1.82) is 0 Å². The van der Waals surface area contributed by atoms with Crippen molar-refractivity contribution in [3.8, 4) is 0 Å². The molecule has 0 bridgehead atoms. The quantitative estimate of drug-likeness (QED) is 0.851. The number of likely N-dealkylation sites (N-methyl/N-ethyl adjacent to an activating group) is 1. The van der Waals surface area contributed by atoms with Crippen LogP contribution in [0.4, 0.5) is 8.78 Å². The number of ether oxygens (including phenoxy) is 1. The fourth-order valence-corrected chi connectivity index (χ4v) is 2.52. The second-order valence-electron chi connectivity index (χ2n) is 4.57. The summed E-state index contributed by atoms with van der Waals surface area (Å²) in [6.07, 6.45) is 1.77. The minimum absolute atomic E-state index is 0.0458. The Hall–Kier alpha value is -1.01. The maximum atomic E-state index is 13.7. The molecule has 1 atom stereocenters. The van der Waals surface area contributed by atoms with E-state index in [2.05, 4.69) is 15.9 Å². The molecule has 0 radical (unpaired) electrons. The van der Waals surface area contributed by atoms with Crippen LogP contribution >= 0.6 is 15.9 Å². The highest BCUT2D eigenvalue weighted by Gasteiger charge is 2.25. The summed E-state index contributed by atoms with van der Waals surface area (Å²) in [6, 6.07) is 2.16. The van der Waals surface area contributed by atoms with E-state index in [0.717, 1.165) is 25.0 Å². The Bertz CT molecular complexity index is 467. The molecule has 6 heteroatoms. The molecule has 0 aliphatic carbocycles. The zero-order valence-corrected chi connectivity index (χ0v) is 12.0. The summed E-state index contributed by atoms with van der Waals surface area (Å²) in [7, 11) is 1.52. The predicted octanol–water partition coefficient (Wildman–Crippen LogP) is 2.98. The maximum Gasteiger partial charge on any atom is 0.259 e. The fourth-order valence-electron chi connectivity index (χ4n) is 2.11. The minimum Gasteiger partial charge on any atom is -0.376 e. The zero-order chi connectivity index (χ0) is 14.0. The molecular formula is C13H14BrF2NO2. The first kappa shape index (κ1) is 14.4. The van der Waals surface area contributed by atoms with Crippen LogP contribution < -0.4 is 0 Å². The van der Waals surface area contributed by atoms with Gasteiger partial charge in [0, 0.05) is 24.7 Å². The van der Waals surface area contributed by atoms with Gasteiger partial charge in [-0.2, -0.15) is 0 Å². The SMILES string of the molecule is CN(CC1CCCO1)C(=O)c1c(F)cc(Br)cc1F. The first-order valence-corrected chi connectivity index (χ1v) is 6.80. The molecule has 1 heterocycles. The van der Waals surface area contributed by atoms with Crippen molar-refractivity contribution in [2.45, 2.75) is 18.9 Å². The van der Waals surface area contributed by atoms with Gasteiger partial charge in [0.05, 0.1) is 6.10 Å². The summed E-state index contributed by atoms with van der Waals surface area (Å²) in [5, 5.41) is 0. The number of rotatable bonds is 3. The summed E-state index contributed by atoms with van der Waals surface area (Å²) in [6.45, 7) is 1.02. The fraction of sp³-hybridized carbons (Fsp3) is 0.462. The van der Waals surface area contributed by atoms with Gasteiger partial charge in [0.2, 0.25) is 0 Å². The highest BCUT2D eigenvalue weighted by Crippen LogP contribution is 2.21. The van der Waals surface area contributed by atoms with Crippen molar-refractivity contribution in [2.75, 3.05) is 20.2 Å². The minimum atomic E-state index is -0.865. The summed E-state index contributed by atoms with van der Waals surface area (Å²) >= 11 is 2.98. The summed E-state index contributed by atoms with van der Waals surface area (Å²) < 4.78 is 33.0. The maximum absolute atomic E-state index is 13.7. The lowest BCUT2D eigenvalue weighted by molar-refractivity contribution is 0.0579. The first-order chi connectivity index (χ1) is 8.99. The molecule has 0 N–H and O–H groups in total. The third-order valence-corrected chi connectivity index (χ3v) is 3.53. The van der Waals surface area contributed by atoms with E-state index >= 15 is 0 Å². The topological polar surface area (TPSA) is 29.5 Å². The molecule has 104 valence electrons. The van der Waals surface area contributed by atoms with Crippen molar-refractivity contribution >= 4 is 21.8 Å². The van der Waals surface area contributed by atoms with Crippen LogP contribution in [0.15, 0.2) is 16.6 Å². The largest absolute Gasteiger partial charge is 0.376 e. The van der Waals surface area contributed by atoms with E-state index in [9.17, 15) is 13.6 Å². The molecule has 1 aromatic carbocycles. The standard InChI is InChI=1S/C13H14BrF2NO2/c1-17(7-9-3-2-4-19-9)13(18)12-10(15)5-8(14)6-11(12)16/h5-6,9H,2-4,7H2,1H3. The van der Waals surface area contributed by atoms with E-state index in [0.29, 0.717) is 13.2 Å². The summed E-state index contributed by atoms with van der Waals surface area (Å²) in [4.78, 5) is 13.4. The van der Waals surface area contributed by atoms with Gasteiger partial charge in [-0.1, -0.05) is 15.9 Å². The smallest absolute Gasteiger partial charge is 0.259 e. The highest BCUT2D eigenvalue weighted by molar-refractivity contribution is 9.10. The van der Waals surface area contributed by atoms with Crippen LogP contribution in [0.1, 0.15) is 23.2 Å². The van der Waals surface area contributed by atoms with E-state index in [1.54, 1.807) is 0 Å². The van der Waals surface area contributed by atoms with Gasteiger partial charge in [-0.05, 0) is 25.0 Å². The molecule has 1 fully saturated rings. The van der Waals surface area contributed by atoms with Gasteiger partial charge in [-0.15, -0.1) is 0 Å². The lowest BCUT2D eigenvalue weighted by Crippen LogP contribution is -2.35. The second kappa shape index (κ2) is 5.96. The van der Waals surface area contributed by atoms with E-state index in [1.165, 1.54) is 11.9 Å². The average Bonchev–Trinajstić information content (AvgIpc) is 2.80. The molecule has 0 saturated carbocycles. The van der Waals surface area contributed by atoms with Crippen molar-refractivity contribution in [3.63, 3.8) is 0 Å². The number of nitrogens with zero attached hydrogens (tertiary/aromatic N) is 1. The Morgan fingerprint density at radius 1 is 1.47 bits per heavy atom. The van der Waals surface area contributed by atoms with Crippen molar-refractivity contribution in [1.82, 2.24) is 4.90 Å². The zero-order valence-electron chi connectivity index (χ0n) is 10.5. The highest BCUT2D eigenvalue weighted by atomic mass is 79.9. The lowest BCUT2D eigenvalue weighted by atomic mass is 10.1. The van der Waals surface area contributed by atoms with Crippen LogP contribution in [0.25, 0.3) is 0 Å². The van der Waals surface area contributed by atoms with Crippen LogP contribution in [0, 0.1) is 11.6 Å². The monoisotopic (exact) mass is 333 g/mol. The van der Waals surface area contributed by atoms with Crippen LogP contribution in [-0.2, 0) is 4.74 Å². The van der Waals surface area contributed by atoms with Crippen LogP contribution in [0.2, 0.25) is 0 Å². The number of hydrogen-bond donors (Lipinski definition) is 0. The predicted molar refractivity (Wildman–Crippen MR) is 70.0 cm³/mol. The average molecular weight is 334 g/mol. The molecule has 1 unspecified atom stereocenters. The molecule has 2 rings (SSSR count). The van der Waals surface area contributed by atoms with Gasteiger partial charge in [0.15, 0.2) is 0 Å². The number of carbonyl (C=O) groups is 1. The molecular weight excluding hydrogens is 320 g/mol. The molecule has 0 spiro atoms. The Morgan fingerprint density at radius 2 is 2.11 bits per heavy atom. The van der Waals surface area contributed by atoms with E-state index in [4.69, 9.17) is 4.74 Å². The summed E-state index contributed by atoms with van der Waals surface area (Å²) in [5.41, 5.74) is -0.524. The number of amides is 1. The molecule has 1 aliphatic rings.